The molecular formula is C10H17BrN2O2. The molecule has 1 aliphatic rings. The fourth-order valence-electron chi connectivity index (χ4n) is 1.41. The Bertz CT molecular complexity index is 227. The first-order valence-corrected chi connectivity index (χ1v) is 5.90. The van der Waals surface area contributed by atoms with Crippen LogP contribution in [-0.4, -0.2) is 38.3 Å². The van der Waals surface area contributed by atoms with Gasteiger partial charge in [-0.25, -0.2) is 0 Å². The Labute approximate surface area is 98.6 Å². The van der Waals surface area contributed by atoms with E-state index < -0.39 is 0 Å². The lowest BCUT2D eigenvalue weighted by Crippen LogP contribution is -2.37. The molecule has 0 aromatic rings. The Balaban J connectivity index is 1.98. The van der Waals surface area contributed by atoms with Crippen LogP contribution in [0.2, 0.25) is 0 Å². The Hall–Kier alpha value is -0.390. The zero-order chi connectivity index (χ0) is 11.1. The SMILES string of the molecule is C=C(Br)CNC(=O)CNCC1CCCO1. The second-order valence-corrected chi connectivity index (χ2v) is 4.68. The molecular weight excluding hydrogens is 260 g/mol. The van der Waals surface area contributed by atoms with Crippen LogP contribution >= 0.6 is 15.9 Å². The van der Waals surface area contributed by atoms with Gasteiger partial charge in [-0.1, -0.05) is 22.5 Å². The van der Waals surface area contributed by atoms with Crippen molar-refractivity contribution < 1.29 is 9.53 Å². The third kappa shape index (κ3) is 5.92. The highest BCUT2D eigenvalue weighted by atomic mass is 79.9. The van der Waals surface area contributed by atoms with Gasteiger partial charge in [0, 0.05) is 24.2 Å². The second-order valence-electron chi connectivity index (χ2n) is 3.56. The molecule has 0 aliphatic carbocycles. The van der Waals surface area contributed by atoms with Crippen LogP contribution in [0.5, 0.6) is 0 Å². The number of ether oxygens (including phenoxy) is 1. The Morgan fingerprint density at radius 3 is 2.93 bits per heavy atom. The number of rotatable bonds is 6. The van der Waals surface area contributed by atoms with Crippen molar-refractivity contribution in [3.8, 4) is 0 Å². The molecule has 1 aliphatic heterocycles. The third-order valence-electron chi connectivity index (χ3n) is 2.16. The van der Waals surface area contributed by atoms with Crippen molar-refractivity contribution in [2.75, 3.05) is 26.2 Å². The predicted molar refractivity (Wildman–Crippen MR) is 62.9 cm³/mol. The van der Waals surface area contributed by atoms with Crippen LogP contribution in [0.4, 0.5) is 0 Å². The number of carbonyl (C=O) groups is 1. The molecule has 1 fully saturated rings. The van der Waals surface area contributed by atoms with Crippen molar-refractivity contribution >= 4 is 21.8 Å². The highest BCUT2D eigenvalue weighted by Gasteiger charge is 2.14. The number of carbonyl (C=O) groups excluding carboxylic acids is 1. The Morgan fingerprint density at radius 2 is 2.33 bits per heavy atom. The average molecular weight is 277 g/mol. The molecule has 1 rings (SSSR count). The van der Waals surface area contributed by atoms with Gasteiger partial charge < -0.3 is 15.4 Å². The van der Waals surface area contributed by atoms with E-state index >= 15 is 0 Å². The number of halogens is 1. The van der Waals surface area contributed by atoms with E-state index in [4.69, 9.17) is 4.74 Å². The van der Waals surface area contributed by atoms with Gasteiger partial charge in [0.15, 0.2) is 0 Å². The molecule has 4 nitrogen and oxygen atoms in total. The summed E-state index contributed by atoms with van der Waals surface area (Å²) in [6.07, 6.45) is 2.50. The van der Waals surface area contributed by atoms with Crippen molar-refractivity contribution in [2.24, 2.45) is 0 Å². The first-order valence-electron chi connectivity index (χ1n) is 5.11. The monoisotopic (exact) mass is 276 g/mol. The van der Waals surface area contributed by atoms with E-state index in [0.29, 0.717) is 13.1 Å². The van der Waals surface area contributed by atoms with Gasteiger partial charge in [-0.15, -0.1) is 0 Å². The molecule has 1 atom stereocenters. The predicted octanol–water partition coefficient (Wildman–Crippen LogP) is 0.780. The van der Waals surface area contributed by atoms with E-state index in [1.807, 2.05) is 0 Å². The van der Waals surface area contributed by atoms with E-state index in [2.05, 4.69) is 33.1 Å². The molecule has 1 saturated heterocycles. The van der Waals surface area contributed by atoms with Crippen LogP contribution in [-0.2, 0) is 9.53 Å². The first kappa shape index (κ1) is 12.7. The maximum Gasteiger partial charge on any atom is 0.234 e. The van der Waals surface area contributed by atoms with Crippen LogP contribution in [0.25, 0.3) is 0 Å². The molecule has 0 saturated carbocycles. The lowest BCUT2D eigenvalue weighted by Gasteiger charge is -2.10. The fraction of sp³-hybridized carbons (Fsp3) is 0.700. The normalized spacial score (nSPS) is 20.2. The number of hydrogen-bond acceptors (Lipinski definition) is 3. The maximum absolute atomic E-state index is 11.2. The van der Waals surface area contributed by atoms with Gasteiger partial charge in [-0.3, -0.25) is 4.79 Å². The highest BCUT2D eigenvalue weighted by Crippen LogP contribution is 2.10. The molecule has 15 heavy (non-hydrogen) atoms. The summed E-state index contributed by atoms with van der Waals surface area (Å²) in [6, 6.07) is 0. The molecule has 0 radical (unpaired) electrons. The summed E-state index contributed by atoms with van der Waals surface area (Å²) < 4.78 is 6.19. The molecule has 5 heteroatoms. The molecule has 1 unspecified atom stereocenters. The summed E-state index contributed by atoms with van der Waals surface area (Å²) in [5, 5.41) is 5.79. The van der Waals surface area contributed by atoms with E-state index in [9.17, 15) is 4.79 Å². The summed E-state index contributed by atoms with van der Waals surface area (Å²) in [7, 11) is 0. The van der Waals surface area contributed by atoms with E-state index in [-0.39, 0.29) is 12.0 Å². The molecule has 1 heterocycles. The standard InChI is InChI=1S/C10H17BrN2O2/c1-8(11)5-13-10(14)7-12-6-9-3-2-4-15-9/h9,12H,1-7H2,(H,13,14). The van der Waals surface area contributed by atoms with Crippen molar-refractivity contribution in [3.05, 3.63) is 11.1 Å². The van der Waals surface area contributed by atoms with Gasteiger partial charge in [0.2, 0.25) is 5.91 Å². The van der Waals surface area contributed by atoms with Crippen LogP contribution in [0.3, 0.4) is 0 Å². The zero-order valence-corrected chi connectivity index (χ0v) is 10.3. The van der Waals surface area contributed by atoms with E-state index in [1.54, 1.807) is 0 Å². The smallest absolute Gasteiger partial charge is 0.234 e. The highest BCUT2D eigenvalue weighted by molar-refractivity contribution is 9.11. The summed E-state index contributed by atoms with van der Waals surface area (Å²) in [4.78, 5) is 11.2. The van der Waals surface area contributed by atoms with Crippen molar-refractivity contribution in [1.29, 1.82) is 0 Å². The van der Waals surface area contributed by atoms with Crippen LogP contribution in [0.1, 0.15) is 12.8 Å². The van der Waals surface area contributed by atoms with Crippen LogP contribution < -0.4 is 10.6 Å². The fourth-order valence-corrected chi connectivity index (χ4v) is 1.55. The van der Waals surface area contributed by atoms with Gasteiger partial charge in [-0.05, 0) is 12.8 Å². The quantitative estimate of drug-likeness (QED) is 0.754. The third-order valence-corrected chi connectivity index (χ3v) is 2.44. The van der Waals surface area contributed by atoms with E-state index in [1.165, 1.54) is 0 Å². The molecule has 0 bridgehead atoms. The van der Waals surface area contributed by atoms with Crippen molar-refractivity contribution in [2.45, 2.75) is 18.9 Å². The first-order chi connectivity index (χ1) is 7.18. The van der Waals surface area contributed by atoms with Gasteiger partial charge >= 0.3 is 0 Å². The molecule has 0 aromatic carbocycles. The number of amides is 1. The molecule has 86 valence electrons. The molecule has 0 aromatic heterocycles. The Morgan fingerprint density at radius 1 is 1.53 bits per heavy atom. The lowest BCUT2D eigenvalue weighted by molar-refractivity contribution is -0.120. The van der Waals surface area contributed by atoms with E-state index in [0.717, 1.165) is 30.5 Å². The number of hydrogen-bond donors (Lipinski definition) is 2. The topological polar surface area (TPSA) is 50.4 Å². The summed E-state index contributed by atoms with van der Waals surface area (Å²) in [6.45, 7) is 6.04. The second kappa shape index (κ2) is 6.98. The lowest BCUT2D eigenvalue weighted by atomic mass is 10.2. The number of nitrogens with one attached hydrogen (secondary N) is 2. The average Bonchev–Trinajstić information content (AvgIpc) is 2.67. The minimum atomic E-state index is -0.0198. The van der Waals surface area contributed by atoms with Crippen molar-refractivity contribution in [3.63, 3.8) is 0 Å². The van der Waals surface area contributed by atoms with Gasteiger partial charge in [-0.2, -0.15) is 0 Å². The Kier molecular flexibility index (Phi) is 5.90. The van der Waals surface area contributed by atoms with Crippen LogP contribution in [0, 0.1) is 0 Å². The van der Waals surface area contributed by atoms with Crippen molar-refractivity contribution in [1.82, 2.24) is 10.6 Å². The molecule has 0 spiro atoms. The zero-order valence-electron chi connectivity index (χ0n) is 8.72. The largest absolute Gasteiger partial charge is 0.377 e. The molecule has 1 amide bonds. The van der Waals surface area contributed by atoms with Gasteiger partial charge in [0.1, 0.15) is 0 Å². The van der Waals surface area contributed by atoms with Gasteiger partial charge in [0.25, 0.3) is 0 Å². The molecule has 2 N–H and O–H groups in total. The maximum atomic E-state index is 11.2. The minimum absolute atomic E-state index is 0.0198. The minimum Gasteiger partial charge on any atom is -0.377 e. The summed E-state index contributed by atoms with van der Waals surface area (Å²) in [5.41, 5.74) is 0. The van der Waals surface area contributed by atoms with Gasteiger partial charge in [0.05, 0.1) is 12.6 Å². The summed E-state index contributed by atoms with van der Waals surface area (Å²) >= 11 is 3.18. The van der Waals surface area contributed by atoms with Crippen LogP contribution in [0.15, 0.2) is 11.1 Å². The summed E-state index contributed by atoms with van der Waals surface area (Å²) in [5.74, 6) is -0.0198.